The smallest absolute Gasteiger partial charge is 0.232 e. The monoisotopic (exact) mass is 438 g/mol. The number of nitrogens with zero attached hydrogens (tertiary/aromatic N) is 1. The fraction of sp³-hybridized carbons (Fsp3) is 0.381. The van der Waals surface area contributed by atoms with Crippen molar-refractivity contribution in [1.82, 2.24) is 5.32 Å². The molecule has 2 aromatic carbocycles. The predicted octanol–water partition coefficient (Wildman–Crippen LogP) is 4.08. The zero-order chi connectivity index (χ0) is 21.6. The molecule has 0 unspecified atom stereocenters. The lowest BCUT2D eigenvalue weighted by molar-refractivity contribution is -0.121. The van der Waals surface area contributed by atoms with Crippen LogP contribution in [0.1, 0.15) is 36.9 Å². The Kier molecular flexibility index (Phi) is 7.93. The summed E-state index contributed by atoms with van der Waals surface area (Å²) in [6, 6.07) is 12.4. The second kappa shape index (κ2) is 9.98. The summed E-state index contributed by atoms with van der Waals surface area (Å²) in [5.41, 5.74) is 2.10. The number of ether oxygens (including phenoxy) is 1. The maximum atomic E-state index is 12.4. The Morgan fingerprint density at radius 2 is 1.90 bits per heavy atom. The Balaban J connectivity index is 2.01. The van der Waals surface area contributed by atoms with Gasteiger partial charge in [-0.2, -0.15) is 0 Å². The van der Waals surface area contributed by atoms with E-state index in [1.54, 1.807) is 32.2 Å². The quantitative estimate of drug-likeness (QED) is 0.640. The standard InChI is InChI=1S/C21H27ClN2O4S/c1-15-18(22)10-7-11-19(15)24(29(4,26)27)14-8-13-21(25)23-16(2)17-9-5-6-12-20(17)28-3/h5-7,9-12,16H,8,13-14H2,1-4H3,(H,23,25)/t16-/m0/s1. The van der Waals surface area contributed by atoms with Crippen molar-refractivity contribution < 1.29 is 17.9 Å². The van der Waals surface area contributed by atoms with Crippen molar-refractivity contribution in [3.63, 3.8) is 0 Å². The van der Waals surface area contributed by atoms with Crippen LogP contribution in [0.2, 0.25) is 5.02 Å². The summed E-state index contributed by atoms with van der Waals surface area (Å²) in [5.74, 6) is 0.555. The highest BCUT2D eigenvalue weighted by atomic mass is 35.5. The van der Waals surface area contributed by atoms with E-state index in [4.69, 9.17) is 16.3 Å². The molecule has 0 aliphatic carbocycles. The number of methoxy groups -OCH3 is 1. The molecule has 0 spiro atoms. The van der Waals surface area contributed by atoms with E-state index >= 15 is 0 Å². The van der Waals surface area contributed by atoms with Gasteiger partial charge in [-0.05, 0) is 44.0 Å². The predicted molar refractivity (Wildman–Crippen MR) is 117 cm³/mol. The molecule has 1 atom stereocenters. The number of sulfonamides is 1. The minimum Gasteiger partial charge on any atom is -0.496 e. The van der Waals surface area contributed by atoms with Crippen molar-refractivity contribution in [2.24, 2.45) is 0 Å². The lowest BCUT2D eigenvalue weighted by Gasteiger charge is -2.24. The van der Waals surface area contributed by atoms with Crippen LogP contribution >= 0.6 is 11.6 Å². The summed E-state index contributed by atoms with van der Waals surface area (Å²) < 4.78 is 31.2. The Hall–Kier alpha value is -2.25. The van der Waals surface area contributed by atoms with Crippen LogP contribution in [-0.2, 0) is 14.8 Å². The van der Waals surface area contributed by atoms with E-state index in [1.807, 2.05) is 31.2 Å². The summed E-state index contributed by atoms with van der Waals surface area (Å²) >= 11 is 6.14. The first kappa shape index (κ1) is 23.0. The molecule has 0 aromatic heterocycles. The second-order valence-corrected chi connectivity index (χ2v) is 9.17. The first-order valence-electron chi connectivity index (χ1n) is 9.30. The molecule has 29 heavy (non-hydrogen) atoms. The third-order valence-electron chi connectivity index (χ3n) is 4.66. The van der Waals surface area contributed by atoms with E-state index in [0.29, 0.717) is 28.4 Å². The Morgan fingerprint density at radius 3 is 2.55 bits per heavy atom. The van der Waals surface area contributed by atoms with Gasteiger partial charge in [0.25, 0.3) is 0 Å². The average molecular weight is 439 g/mol. The number of halogens is 1. The van der Waals surface area contributed by atoms with Crippen LogP contribution in [0.3, 0.4) is 0 Å². The molecule has 2 aromatic rings. The maximum absolute atomic E-state index is 12.4. The Labute approximate surface area is 177 Å². The van der Waals surface area contributed by atoms with Crippen molar-refractivity contribution in [3.05, 3.63) is 58.6 Å². The number of amides is 1. The third kappa shape index (κ3) is 6.11. The van der Waals surface area contributed by atoms with Gasteiger partial charge in [0, 0.05) is 23.6 Å². The molecule has 1 amide bonds. The summed E-state index contributed by atoms with van der Waals surface area (Å²) in [6.07, 6.45) is 1.73. The third-order valence-corrected chi connectivity index (χ3v) is 6.25. The van der Waals surface area contributed by atoms with Crippen LogP contribution in [0.4, 0.5) is 5.69 Å². The van der Waals surface area contributed by atoms with E-state index in [2.05, 4.69) is 5.32 Å². The molecule has 0 heterocycles. The number of carbonyl (C=O) groups is 1. The highest BCUT2D eigenvalue weighted by Gasteiger charge is 2.21. The number of rotatable bonds is 9. The summed E-state index contributed by atoms with van der Waals surface area (Å²) in [5, 5.41) is 3.44. The number of benzene rings is 2. The fourth-order valence-electron chi connectivity index (χ4n) is 3.13. The van der Waals surface area contributed by atoms with Crippen LogP contribution in [0.15, 0.2) is 42.5 Å². The number of carbonyl (C=O) groups excluding carboxylic acids is 1. The van der Waals surface area contributed by atoms with Crippen molar-refractivity contribution in [2.45, 2.75) is 32.7 Å². The van der Waals surface area contributed by atoms with Gasteiger partial charge in [0.1, 0.15) is 5.75 Å². The highest BCUT2D eigenvalue weighted by molar-refractivity contribution is 7.92. The molecule has 6 nitrogen and oxygen atoms in total. The van der Waals surface area contributed by atoms with Gasteiger partial charge in [-0.25, -0.2) is 8.42 Å². The van der Waals surface area contributed by atoms with Crippen LogP contribution in [-0.4, -0.2) is 34.2 Å². The maximum Gasteiger partial charge on any atom is 0.232 e. The topological polar surface area (TPSA) is 75.7 Å². The van der Waals surface area contributed by atoms with Gasteiger partial charge in [-0.15, -0.1) is 0 Å². The molecule has 0 aliphatic rings. The Bertz CT molecular complexity index is 963. The lowest BCUT2D eigenvalue weighted by Crippen LogP contribution is -2.33. The zero-order valence-corrected chi connectivity index (χ0v) is 18.7. The van der Waals surface area contributed by atoms with E-state index in [0.717, 1.165) is 11.8 Å². The van der Waals surface area contributed by atoms with Gasteiger partial charge >= 0.3 is 0 Å². The van der Waals surface area contributed by atoms with Crippen LogP contribution in [0, 0.1) is 6.92 Å². The largest absolute Gasteiger partial charge is 0.496 e. The van der Waals surface area contributed by atoms with E-state index in [9.17, 15) is 13.2 Å². The van der Waals surface area contributed by atoms with Crippen molar-refractivity contribution >= 4 is 33.2 Å². The molecule has 1 N–H and O–H groups in total. The average Bonchev–Trinajstić information content (AvgIpc) is 2.66. The van der Waals surface area contributed by atoms with Gasteiger partial charge < -0.3 is 10.1 Å². The highest BCUT2D eigenvalue weighted by Crippen LogP contribution is 2.28. The number of nitrogens with one attached hydrogen (secondary N) is 1. The minimum atomic E-state index is -3.50. The lowest BCUT2D eigenvalue weighted by atomic mass is 10.1. The first-order chi connectivity index (χ1) is 13.6. The van der Waals surface area contributed by atoms with Gasteiger partial charge in [-0.1, -0.05) is 35.9 Å². The van der Waals surface area contributed by atoms with E-state index in [1.165, 1.54) is 4.31 Å². The summed E-state index contributed by atoms with van der Waals surface area (Å²) in [4.78, 5) is 12.4. The summed E-state index contributed by atoms with van der Waals surface area (Å²) in [7, 11) is -1.92. The molecule has 2 rings (SSSR count). The molecule has 0 aliphatic heterocycles. The van der Waals surface area contributed by atoms with Crippen molar-refractivity contribution in [1.29, 1.82) is 0 Å². The van der Waals surface area contributed by atoms with Crippen LogP contribution < -0.4 is 14.4 Å². The van der Waals surface area contributed by atoms with E-state index < -0.39 is 10.0 Å². The molecule has 0 saturated carbocycles. The molecule has 158 valence electrons. The number of para-hydroxylation sites is 1. The van der Waals surface area contributed by atoms with Gasteiger partial charge in [-0.3, -0.25) is 9.10 Å². The molecule has 0 radical (unpaired) electrons. The second-order valence-electron chi connectivity index (χ2n) is 6.85. The summed E-state index contributed by atoms with van der Waals surface area (Å²) in [6.45, 7) is 3.85. The normalized spacial score (nSPS) is 12.3. The number of hydrogen-bond donors (Lipinski definition) is 1. The molecule has 0 saturated heterocycles. The SMILES string of the molecule is COc1ccccc1[C@H](C)NC(=O)CCCN(c1cccc(Cl)c1C)S(C)(=O)=O. The number of hydrogen-bond acceptors (Lipinski definition) is 4. The van der Waals surface area contributed by atoms with Crippen molar-refractivity contribution in [2.75, 3.05) is 24.2 Å². The number of anilines is 1. The van der Waals surface area contributed by atoms with Crippen molar-refractivity contribution in [3.8, 4) is 5.75 Å². The van der Waals surface area contributed by atoms with Gasteiger partial charge in [0.05, 0.1) is 25.1 Å². The Morgan fingerprint density at radius 1 is 1.21 bits per heavy atom. The minimum absolute atomic E-state index is 0.153. The molecular weight excluding hydrogens is 412 g/mol. The van der Waals surface area contributed by atoms with Gasteiger partial charge in [0.15, 0.2) is 0 Å². The molecule has 8 heteroatoms. The molecular formula is C21H27ClN2O4S. The van der Waals surface area contributed by atoms with E-state index in [-0.39, 0.29) is 24.9 Å². The molecule has 0 fully saturated rings. The van der Waals surface area contributed by atoms with Crippen LogP contribution in [0.5, 0.6) is 5.75 Å². The van der Waals surface area contributed by atoms with Gasteiger partial charge in [0.2, 0.25) is 15.9 Å². The zero-order valence-electron chi connectivity index (χ0n) is 17.1. The molecule has 0 bridgehead atoms. The van der Waals surface area contributed by atoms with Crippen LogP contribution in [0.25, 0.3) is 0 Å². The first-order valence-corrected chi connectivity index (χ1v) is 11.5. The fourth-order valence-corrected chi connectivity index (χ4v) is 4.32.